The molecule has 0 bridgehead atoms. The number of hydrogen-bond acceptors (Lipinski definition) is 4. The van der Waals surface area contributed by atoms with Crippen molar-refractivity contribution in [3.05, 3.63) is 53.2 Å². The number of nitrogens with zero attached hydrogens (tertiary/aromatic N) is 3. The van der Waals surface area contributed by atoms with E-state index in [1.807, 2.05) is 13.0 Å². The molecule has 116 valence electrons. The first-order chi connectivity index (χ1) is 10.6. The molecule has 5 nitrogen and oxygen atoms in total. The van der Waals surface area contributed by atoms with Gasteiger partial charge < -0.3 is 9.42 Å². The van der Waals surface area contributed by atoms with Crippen LogP contribution in [0, 0.1) is 12.7 Å². The van der Waals surface area contributed by atoms with Crippen LogP contribution in [0.3, 0.4) is 0 Å². The molecule has 0 aliphatic carbocycles. The van der Waals surface area contributed by atoms with Gasteiger partial charge in [0, 0.05) is 44.4 Å². The van der Waals surface area contributed by atoms with Crippen molar-refractivity contribution in [2.45, 2.75) is 13.5 Å². The fraction of sp³-hybridized carbons (Fsp3) is 0.375. The molecule has 3 rings (SSSR count). The molecule has 1 saturated heterocycles. The Labute approximate surface area is 128 Å². The molecule has 1 aliphatic rings. The molecule has 0 spiro atoms. The van der Waals surface area contributed by atoms with Crippen LogP contribution in [0.4, 0.5) is 4.39 Å². The summed E-state index contributed by atoms with van der Waals surface area (Å²) in [5, 5.41) is 3.98. The molecule has 0 saturated carbocycles. The molecule has 0 N–H and O–H groups in total. The van der Waals surface area contributed by atoms with Crippen molar-refractivity contribution in [3.63, 3.8) is 0 Å². The van der Waals surface area contributed by atoms with Crippen LogP contribution in [0.1, 0.15) is 21.8 Å². The maximum atomic E-state index is 13.2. The van der Waals surface area contributed by atoms with Crippen LogP contribution in [-0.2, 0) is 6.54 Å². The fourth-order valence-electron chi connectivity index (χ4n) is 2.63. The molecule has 0 unspecified atom stereocenters. The number of hydrogen-bond donors (Lipinski definition) is 0. The zero-order valence-corrected chi connectivity index (χ0v) is 12.5. The third-order valence-electron chi connectivity index (χ3n) is 3.79. The summed E-state index contributed by atoms with van der Waals surface area (Å²) in [5.74, 6) is 0.303. The SMILES string of the molecule is Cc1cc(CN2CCN(C(=O)c3cccc(F)c3)CC2)no1. The highest BCUT2D eigenvalue weighted by molar-refractivity contribution is 5.94. The van der Waals surface area contributed by atoms with E-state index < -0.39 is 0 Å². The molecule has 1 amide bonds. The smallest absolute Gasteiger partial charge is 0.254 e. The summed E-state index contributed by atoms with van der Waals surface area (Å²) >= 11 is 0. The first-order valence-electron chi connectivity index (χ1n) is 7.31. The van der Waals surface area contributed by atoms with Crippen LogP contribution in [0.25, 0.3) is 0 Å². The molecule has 2 heterocycles. The predicted octanol–water partition coefficient (Wildman–Crippen LogP) is 2.08. The quantitative estimate of drug-likeness (QED) is 0.871. The molecule has 0 radical (unpaired) electrons. The minimum Gasteiger partial charge on any atom is -0.361 e. The summed E-state index contributed by atoms with van der Waals surface area (Å²) in [6.45, 7) is 5.39. The van der Waals surface area contributed by atoms with Crippen molar-refractivity contribution in [2.24, 2.45) is 0 Å². The number of carbonyl (C=O) groups is 1. The van der Waals surface area contributed by atoms with E-state index in [1.54, 1.807) is 17.0 Å². The molecular weight excluding hydrogens is 285 g/mol. The van der Waals surface area contributed by atoms with Crippen LogP contribution >= 0.6 is 0 Å². The van der Waals surface area contributed by atoms with E-state index in [0.717, 1.165) is 31.1 Å². The van der Waals surface area contributed by atoms with Gasteiger partial charge in [-0.1, -0.05) is 11.2 Å². The van der Waals surface area contributed by atoms with Crippen molar-refractivity contribution >= 4 is 5.91 Å². The van der Waals surface area contributed by atoms with E-state index >= 15 is 0 Å². The fourth-order valence-corrected chi connectivity index (χ4v) is 2.63. The Morgan fingerprint density at radius 3 is 2.68 bits per heavy atom. The number of rotatable bonds is 3. The van der Waals surface area contributed by atoms with E-state index in [9.17, 15) is 9.18 Å². The number of carbonyl (C=O) groups excluding carboxylic acids is 1. The summed E-state index contributed by atoms with van der Waals surface area (Å²) in [6, 6.07) is 7.76. The van der Waals surface area contributed by atoms with E-state index in [-0.39, 0.29) is 11.7 Å². The van der Waals surface area contributed by atoms with Crippen LogP contribution in [0.2, 0.25) is 0 Å². The lowest BCUT2D eigenvalue weighted by atomic mass is 10.1. The molecule has 1 aliphatic heterocycles. The zero-order valence-electron chi connectivity index (χ0n) is 12.5. The molecular formula is C16H18FN3O2. The summed E-state index contributed by atoms with van der Waals surface area (Å²) in [5.41, 5.74) is 1.31. The van der Waals surface area contributed by atoms with Crippen molar-refractivity contribution in [2.75, 3.05) is 26.2 Å². The van der Waals surface area contributed by atoms with Gasteiger partial charge in [-0.25, -0.2) is 4.39 Å². The molecule has 1 fully saturated rings. The van der Waals surface area contributed by atoms with E-state index in [2.05, 4.69) is 10.1 Å². The summed E-state index contributed by atoms with van der Waals surface area (Å²) in [7, 11) is 0. The third-order valence-corrected chi connectivity index (χ3v) is 3.79. The molecule has 1 aromatic heterocycles. The van der Waals surface area contributed by atoms with Crippen LogP contribution in [0.5, 0.6) is 0 Å². The summed E-state index contributed by atoms with van der Waals surface area (Å²) < 4.78 is 18.3. The van der Waals surface area contributed by atoms with E-state index in [4.69, 9.17) is 4.52 Å². The van der Waals surface area contributed by atoms with Gasteiger partial charge in [-0.3, -0.25) is 9.69 Å². The molecule has 2 aromatic rings. The lowest BCUT2D eigenvalue weighted by Gasteiger charge is -2.34. The Hall–Kier alpha value is -2.21. The second-order valence-electron chi connectivity index (χ2n) is 5.51. The highest BCUT2D eigenvalue weighted by atomic mass is 19.1. The average molecular weight is 303 g/mol. The van der Waals surface area contributed by atoms with Gasteiger partial charge >= 0.3 is 0 Å². The zero-order chi connectivity index (χ0) is 15.5. The Kier molecular flexibility index (Phi) is 4.20. The van der Waals surface area contributed by atoms with Crippen LogP contribution in [0.15, 0.2) is 34.9 Å². The Morgan fingerprint density at radius 2 is 2.05 bits per heavy atom. The Balaban J connectivity index is 1.56. The monoisotopic (exact) mass is 303 g/mol. The predicted molar refractivity (Wildman–Crippen MR) is 78.8 cm³/mol. The van der Waals surface area contributed by atoms with Crippen molar-refractivity contribution in [3.8, 4) is 0 Å². The Bertz CT molecular complexity index is 663. The highest BCUT2D eigenvalue weighted by Gasteiger charge is 2.22. The minimum absolute atomic E-state index is 0.114. The van der Waals surface area contributed by atoms with Crippen molar-refractivity contribution in [1.82, 2.24) is 15.0 Å². The molecule has 0 atom stereocenters. The van der Waals surface area contributed by atoms with Gasteiger partial charge in [-0.05, 0) is 25.1 Å². The van der Waals surface area contributed by atoms with Gasteiger partial charge in [0.15, 0.2) is 0 Å². The second kappa shape index (κ2) is 6.27. The maximum absolute atomic E-state index is 13.2. The van der Waals surface area contributed by atoms with Gasteiger partial charge in [0.2, 0.25) is 0 Å². The van der Waals surface area contributed by atoms with Crippen LogP contribution < -0.4 is 0 Å². The molecule has 1 aromatic carbocycles. The van der Waals surface area contributed by atoms with Crippen molar-refractivity contribution in [1.29, 1.82) is 0 Å². The lowest BCUT2D eigenvalue weighted by Crippen LogP contribution is -2.48. The first-order valence-corrected chi connectivity index (χ1v) is 7.31. The number of aryl methyl sites for hydroxylation is 1. The standard InChI is InChI=1S/C16H18FN3O2/c1-12-9-15(18-22-12)11-19-5-7-20(8-6-19)16(21)13-3-2-4-14(17)10-13/h2-4,9-10H,5-8,11H2,1H3. The molecule has 22 heavy (non-hydrogen) atoms. The van der Waals surface area contributed by atoms with E-state index in [1.165, 1.54) is 12.1 Å². The highest BCUT2D eigenvalue weighted by Crippen LogP contribution is 2.12. The molecule has 6 heteroatoms. The van der Waals surface area contributed by atoms with Crippen LogP contribution in [-0.4, -0.2) is 47.0 Å². The van der Waals surface area contributed by atoms with E-state index in [0.29, 0.717) is 18.7 Å². The number of piperazine rings is 1. The summed E-state index contributed by atoms with van der Waals surface area (Å²) in [4.78, 5) is 16.3. The second-order valence-corrected chi connectivity index (χ2v) is 5.51. The number of aromatic nitrogens is 1. The van der Waals surface area contributed by atoms with Gasteiger partial charge in [0.1, 0.15) is 11.6 Å². The average Bonchev–Trinajstić information content (AvgIpc) is 2.92. The Morgan fingerprint density at radius 1 is 1.27 bits per heavy atom. The van der Waals surface area contributed by atoms with Crippen molar-refractivity contribution < 1.29 is 13.7 Å². The van der Waals surface area contributed by atoms with Gasteiger partial charge in [0.25, 0.3) is 5.91 Å². The normalized spacial score (nSPS) is 16.0. The third kappa shape index (κ3) is 3.33. The van der Waals surface area contributed by atoms with Gasteiger partial charge in [-0.2, -0.15) is 0 Å². The largest absolute Gasteiger partial charge is 0.361 e. The van der Waals surface area contributed by atoms with Gasteiger partial charge in [0.05, 0.1) is 5.69 Å². The minimum atomic E-state index is -0.383. The lowest BCUT2D eigenvalue weighted by molar-refractivity contribution is 0.0625. The maximum Gasteiger partial charge on any atom is 0.254 e. The number of halogens is 1. The number of benzene rings is 1. The number of amides is 1. The topological polar surface area (TPSA) is 49.6 Å². The summed E-state index contributed by atoms with van der Waals surface area (Å²) in [6.07, 6.45) is 0. The van der Waals surface area contributed by atoms with Gasteiger partial charge in [-0.15, -0.1) is 0 Å². The first kappa shape index (κ1) is 14.7.